The number of nitrogens with one attached hydrogen (secondary N) is 1. The molecule has 5 heteroatoms. The number of amides is 1. The van der Waals surface area contributed by atoms with Crippen LogP contribution in [0.3, 0.4) is 0 Å². The molecule has 1 unspecified atom stereocenters. The molecule has 5 N–H and O–H groups in total. The Morgan fingerprint density at radius 3 is 2.83 bits per heavy atom. The van der Waals surface area contributed by atoms with E-state index in [2.05, 4.69) is 5.32 Å². The second-order valence-corrected chi connectivity index (χ2v) is 4.24. The quantitative estimate of drug-likeness (QED) is 0.450. The number of benzene rings is 1. The Morgan fingerprint density at radius 1 is 1.50 bits per heavy atom. The summed E-state index contributed by atoms with van der Waals surface area (Å²) in [5.41, 5.74) is 5.89. The van der Waals surface area contributed by atoms with Gasteiger partial charge in [0.1, 0.15) is 0 Å². The lowest BCUT2D eigenvalue weighted by Crippen LogP contribution is -2.29. The molecule has 0 bridgehead atoms. The molecule has 0 aliphatic rings. The zero-order valence-corrected chi connectivity index (χ0v) is 10.5. The van der Waals surface area contributed by atoms with Gasteiger partial charge in [0.05, 0.1) is 11.3 Å². The number of carbonyl (C=O) groups is 1. The molecule has 0 fully saturated rings. The number of anilines is 1. The molecule has 0 spiro atoms. The Kier molecular flexibility index (Phi) is 5.45. The van der Waals surface area contributed by atoms with Crippen LogP contribution in [0.15, 0.2) is 18.2 Å². The van der Waals surface area contributed by atoms with Crippen molar-refractivity contribution in [2.24, 2.45) is 5.92 Å². The van der Waals surface area contributed by atoms with Crippen LogP contribution in [-0.2, 0) is 0 Å². The van der Waals surface area contributed by atoms with Crippen molar-refractivity contribution in [3.63, 3.8) is 0 Å². The van der Waals surface area contributed by atoms with Crippen molar-refractivity contribution in [1.82, 2.24) is 5.32 Å². The highest BCUT2D eigenvalue weighted by atomic mass is 16.3. The molecular weight excluding hydrogens is 232 g/mol. The minimum absolute atomic E-state index is 0.109. The fourth-order valence-electron chi connectivity index (χ4n) is 1.71. The molecule has 100 valence electrons. The van der Waals surface area contributed by atoms with Crippen LogP contribution >= 0.6 is 0 Å². The zero-order chi connectivity index (χ0) is 13.5. The highest BCUT2D eigenvalue weighted by molar-refractivity contribution is 5.98. The van der Waals surface area contributed by atoms with Crippen LogP contribution in [0.1, 0.15) is 30.1 Å². The summed E-state index contributed by atoms with van der Waals surface area (Å²) in [4.78, 5) is 11.9. The Morgan fingerprint density at radius 2 is 2.22 bits per heavy atom. The smallest absolute Gasteiger partial charge is 0.255 e. The molecule has 5 nitrogen and oxygen atoms in total. The fourth-order valence-corrected chi connectivity index (χ4v) is 1.71. The lowest BCUT2D eigenvalue weighted by Gasteiger charge is -2.14. The lowest BCUT2D eigenvalue weighted by atomic mass is 10.0. The van der Waals surface area contributed by atoms with Crippen molar-refractivity contribution in [2.45, 2.75) is 19.8 Å². The SMILES string of the molecule is CCC(CCO)CNC(=O)c1cccc(N)c1O. The predicted molar refractivity (Wildman–Crippen MR) is 70.3 cm³/mol. The van der Waals surface area contributed by atoms with Gasteiger partial charge in [0.15, 0.2) is 5.75 Å². The number of hydrogen-bond acceptors (Lipinski definition) is 4. The van der Waals surface area contributed by atoms with Crippen LogP contribution in [0.2, 0.25) is 0 Å². The maximum Gasteiger partial charge on any atom is 0.255 e. The molecule has 1 rings (SSSR count). The molecule has 0 saturated heterocycles. The summed E-state index contributed by atoms with van der Waals surface area (Å²) < 4.78 is 0. The monoisotopic (exact) mass is 252 g/mol. The number of carbonyl (C=O) groups excluding carboxylic acids is 1. The first kappa shape index (κ1) is 14.3. The third kappa shape index (κ3) is 3.63. The zero-order valence-electron chi connectivity index (χ0n) is 10.5. The summed E-state index contributed by atoms with van der Waals surface area (Å²) in [6.07, 6.45) is 1.53. The summed E-state index contributed by atoms with van der Waals surface area (Å²) in [6.45, 7) is 2.59. The number of nitrogen functional groups attached to an aromatic ring is 1. The second-order valence-electron chi connectivity index (χ2n) is 4.24. The van der Waals surface area contributed by atoms with Crippen LogP contribution in [0.4, 0.5) is 5.69 Å². The molecule has 0 aliphatic heterocycles. The van der Waals surface area contributed by atoms with Gasteiger partial charge in [-0.15, -0.1) is 0 Å². The number of hydrogen-bond donors (Lipinski definition) is 4. The van der Waals surface area contributed by atoms with E-state index in [0.29, 0.717) is 13.0 Å². The van der Waals surface area contributed by atoms with E-state index in [1.54, 1.807) is 6.07 Å². The van der Waals surface area contributed by atoms with Crippen molar-refractivity contribution in [3.05, 3.63) is 23.8 Å². The van der Waals surface area contributed by atoms with E-state index in [-0.39, 0.29) is 35.4 Å². The third-order valence-electron chi connectivity index (χ3n) is 2.98. The van der Waals surface area contributed by atoms with Crippen LogP contribution in [-0.4, -0.2) is 29.3 Å². The fraction of sp³-hybridized carbons (Fsp3) is 0.462. The Hall–Kier alpha value is -1.75. The summed E-state index contributed by atoms with van der Waals surface area (Å²) in [5.74, 6) is -0.302. The molecule has 1 amide bonds. The highest BCUT2D eigenvalue weighted by Gasteiger charge is 2.14. The van der Waals surface area contributed by atoms with Crippen molar-refractivity contribution in [1.29, 1.82) is 0 Å². The van der Waals surface area contributed by atoms with E-state index in [4.69, 9.17) is 10.8 Å². The van der Waals surface area contributed by atoms with Gasteiger partial charge in [0.2, 0.25) is 0 Å². The molecule has 0 heterocycles. The van der Waals surface area contributed by atoms with Crippen molar-refractivity contribution in [3.8, 4) is 5.75 Å². The van der Waals surface area contributed by atoms with E-state index in [1.165, 1.54) is 12.1 Å². The van der Waals surface area contributed by atoms with Gasteiger partial charge in [-0.05, 0) is 24.5 Å². The molecule has 1 aromatic rings. The number of para-hydroxylation sites is 1. The largest absolute Gasteiger partial charge is 0.505 e. The Balaban J connectivity index is 2.62. The number of phenolic OH excluding ortho intramolecular Hbond substituents is 1. The number of aromatic hydroxyl groups is 1. The molecule has 0 radical (unpaired) electrons. The van der Waals surface area contributed by atoms with Gasteiger partial charge in [-0.1, -0.05) is 19.4 Å². The highest BCUT2D eigenvalue weighted by Crippen LogP contribution is 2.24. The first-order chi connectivity index (χ1) is 8.60. The van der Waals surface area contributed by atoms with Gasteiger partial charge < -0.3 is 21.3 Å². The van der Waals surface area contributed by atoms with E-state index in [9.17, 15) is 9.90 Å². The standard InChI is InChI=1S/C13H20N2O3/c1-2-9(6-7-16)8-15-13(18)10-4-3-5-11(14)12(10)17/h3-5,9,16-17H,2,6-8,14H2,1H3,(H,15,18). The van der Waals surface area contributed by atoms with Crippen LogP contribution in [0, 0.1) is 5.92 Å². The molecule has 0 aromatic heterocycles. The van der Waals surface area contributed by atoms with Crippen molar-refractivity contribution in [2.75, 3.05) is 18.9 Å². The van der Waals surface area contributed by atoms with E-state index >= 15 is 0 Å². The average Bonchev–Trinajstić information content (AvgIpc) is 2.37. The van der Waals surface area contributed by atoms with Gasteiger partial charge in [0.25, 0.3) is 5.91 Å². The minimum atomic E-state index is -0.351. The molecule has 1 aromatic carbocycles. The normalized spacial score (nSPS) is 12.1. The van der Waals surface area contributed by atoms with Gasteiger partial charge in [-0.2, -0.15) is 0 Å². The first-order valence-corrected chi connectivity index (χ1v) is 6.06. The third-order valence-corrected chi connectivity index (χ3v) is 2.98. The molecule has 1 atom stereocenters. The topological polar surface area (TPSA) is 95.6 Å². The maximum absolute atomic E-state index is 11.9. The van der Waals surface area contributed by atoms with Crippen LogP contribution < -0.4 is 11.1 Å². The number of rotatable bonds is 6. The molecular formula is C13H20N2O3. The van der Waals surface area contributed by atoms with E-state index in [1.807, 2.05) is 6.92 Å². The number of nitrogens with two attached hydrogens (primary N) is 1. The predicted octanol–water partition coefficient (Wildman–Crippen LogP) is 1.11. The van der Waals surface area contributed by atoms with Gasteiger partial charge in [-0.25, -0.2) is 0 Å². The summed E-state index contributed by atoms with van der Waals surface area (Å²) in [5, 5.41) is 21.3. The average molecular weight is 252 g/mol. The number of phenols is 1. The van der Waals surface area contributed by atoms with E-state index < -0.39 is 0 Å². The van der Waals surface area contributed by atoms with Crippen LogP contribution in [0.25, 0.3) is 0 Å². The van der Waals surface area contributed by atoms with E-state index in [0.717, 1.165) is 6.42 Å². The summed E-state index contributed by atoms with van der Waals surface area (Å²) in [7, 11) is 0. The first-order valence-electron chi connectivity index (χ1n) is 6.06. The molecule has 18 heavy (non-hydrogen) atoms. The van der Waals surface area contributed by atoms with Gasteiger partial charge in [0, 0.05) is 13.2 Å². The summed E-state index contributed by atoms with van der Waals surface area (Å²) >= 11 is 0. The lowest BCUT2D eigenvalue weighted by molar-refractivity contribution is 0.0941. The molecule has 0 saturated carbocycles. The summed E-state index contributed by atoms with van der Waals surface area (Å²) in [6, 6.07) is 4.68. The van der Waals surface area contributed by atoms with Gasteiger partial charge >= 0.3 is 0 Å². The van der Waals surface area contributed by atoms with Crippen molar-refractivity contribution >= 4 is 11.6 Å². The van der Waals surface area contributed by atoms with Crippen molar-refractivity contribution < 1.29 is 15.0 Å². The molecule has 0 aliphatic carbocycles. The second kappa shape index (κ2) is 6.86. The number of aliphatic hydroxyl groups excluding tert-OH is 1. The maximum atomic E-state index is 11.9. The number of aliphatic hydroxyl groups is 1. The van der Waals surface area contributed by atoms with Crippen LogP contribution in [0.5, 0.6) is 5.75 Å². The Labute approximate surface area is 107 Å². The minimum Gasteiger partial charge on any atom is -0.505 e. The Bertz CT molecular complexity index is 407. The van der Waals surface area contributed by atoms with Gasteiger partial charge in [-0.3, -0.25) is 4.79 Å².